The highest BCUT2D eigenvalue weighted by atomic mass is 16.7. The second kappa shape index (κ2) is 8.64. The highest BCUT2D eigenvalue weighted by molar-refractivity contribution is 5.48. The molecule has 0 aliphatic carbocycles. The lowest BCUT2D eigenvalue weighted by molar-refractivity contribution is -0.232. The van der Waals surface area contributed by atoms with Crippen LogP contribution in [0.5, 0.6) is 0 Å². The van der Waals surface area contributed by atoms with Crippen LogP contribution in [0.25, 0.3) is 0 Å². The van der Waals surface area contributed by atoms with E-state index in [1.807, 2.05) is 10.8 Å². The third-order valence-electron chi connectivity index (χ3n) is 4.76. The SMILES string of the molecule is c1cn(CC2OCC(OCc3ccc(N4CCNCC4)cc3)CO2)cn1. The van der Waals surface area contributed by atoms with E-state index in [2.05, 4.69) is 39.5 Å². The monoisotopic (exact) mass is 358 g/mol. The minimum absolute atomic E-state index is 0.0260. The molecule has 2 aliphatic rings. The van der Waals surface area contributed by atoms with Gasteiger partial charge in [-0.15, -0.1) is 0 Å². The molecule has 0 saturated carbocycles. The molecular weight excluding hydrogens is 332 g/mol. The molecule has 0 unspecified atom stereocenters. The summed E-state index contributed by atoms with van der Waals surface area (Å²) < 4.78 is 19.4. The lowest BCUT2D eigenvalue weighted by Crippen LogP contribution is -2.43. The molecule has 3 heterocycles. The number of benzene rings is 1. The summed E-state index contributed by atoms with van der Waals surface area (Å²) in [5.74, 6) is 0. The lowest BCUT2D eigenvalue weighted by atomic mass is 10.2. The van der Waals surface area contributed by atoms with Crippen LogP contribution in [0.4, 0.5) is 5.69 Å². The predicted octanol–water partition coefficient (Wildman–Crippen LogP) is 1.25. The van der Waals surface area contributed by atoms with Crippen LogP contribution in [0, 0.1) is 0 Å². The van der Waals surface area contributed by atoms with E-state index in [4.69, 9.17) is 14.2 Å². The quantitative estimate of drug-likeness (QED) is 0.839. The van der Waals surface area contributed by atoms with Crippen LogP contribution in [0.15, 0.2) is 43.0 Å². The van der Waals surface area contributed by atoms with Crippen molar-refractivity contribution in [3.63, 3.8) is 0 Å². The topological polar surface area (TPSA) is 60.8 Å². The summed E-state index contributed by atoms with van der Waals surface area (Å²) in [6.07, 6.45) is 5.16. The fourth-order valence-corrected chi connectivity index (χ4v) is 3.23. The Kier molecular flexibility index (Phi) is 5.81. The molecule has 2 fully saturated rings. The van der Waals surface area contributed by atoms with Crippen molar-refractivity contribution < 1.29 is 14.2 Å². The molecule has 1 N–H and O–H groups in total. The Hall–Kier alpha value is -1.93. The molecule has 26 heavy (non-hydrogen) atoms. The number of nitrogens with zero attached hydrogens (tertiary/aromatic N) is 3. The molecule has 0 spiro atoms. The average molecular weight is 358 g/mol. The minimum atomic E-state index is -0.234. The van der Waals surface area contributed by atoms with Gasteiger partial charge in [0.15, 0.2) is 6.29 Å². The van der Waals surface area contributed by atoms with Gasteiger partial charge in [-0.2, -0.15) is 0 Å². The molecule has 7 heteroatoms. The van der Waals surface area contributed by atoms with Crippen molar-refractivity contribution in [2.24, 2.45) is 0 Å². The molecule has 0 amide bonds. The third kappa shape index (κ3) is 4.62. The van der Waals surface area contributed by atoms with E-state index in [9.17, 15) is 0 Å². The van der Waals surface area contributed by atoms with Crippen molar-refractivity contribution in [2.45, 2.75) is 25.5 Å². The van der Waals surface area contributed by atoms with Gasteiger partial charge in [-0.1, -0.05) is 12.1 Å². The van der Waals surface area contributed by atoms with Crippen molar-refractivity contribution >= 4 is 5.69 Å². The van der Waals surface area contributed by atoms with Gasteiger partial charge in [-0.25, -0.2) is 4.98 Å². The summed E-state index contributed by atoms with van der Waals surface area (Å²) in [4.78, 5) is 6.43. The molecule has 1 aromatic heterocycles. The Morgan fingerprint density at radius 1 is 1.12 bits per heavy atom. The molecule has 0 bridgehead atoms. The summed E-state index contributed by atoms with van der Waals surface area (Å²) in [7, 11) is 0. The number of hydrogen-bond acceptors (Lipinski definition) is 6. The van der Waals surface area contributed by atoms with Crippen LogP contribution in [-0.4, -0.2) is 61.3 Å². The molecule has 2 aromatic rings. The number of ether oxygens (including phenoxy) is 3. The van der Waals surface area contributed by atoms with E-state index in [1.165, 1.54) is 11.3 Å². The maximum Gasteiger partial charge on any atom is 0.175 e. The zero-order valence-corrected chi connectivity index (χ0v) is 14.9. The van der Waals surface area contributed by atoms with E-state index in [0.717, 1.165) is 26.2 Å². The van der Waals surface area contributed by atoms with Crippen molar-refractivity contribution in [1.82, 2.24) is 14.9 Å². The number of aromatic nitrogens is 2. The number of rotatable bonds is 6. The number of nitrogens with one attached hydrogen (secondary N) is 1. The van der Waals surface area contributed by atoms with E-state index in [0.29, 0.717) is 26.4 Å². The molecule has 4 rings (SSSR count). The maximum atomic E-state index is 5.95. The molecule has 1 aromatic carbocycles. The van der Waals surface area contributed by atoms with Gasteiger partial charge >= 0.3 is 0 Å². The molecule has 140 valence electrons. The molecule has 0 radical (unpaired) electrons. The first-order valence-corrected chi connectivity index (χ1v) is 9.22. The number of hydrogen-bond donors (Lipinski definition) is 1. The van der Waals surface area contributed by atoms with Gasteiger partial charge < -0.3 is 29.0 Å². The Morgan fingerprint density at radius 2 is 1.88 bits per heavy atom. The predicted molar refractivity (Wildman–Crippen MR) is 98.0 cm³/mol. The summed E-state index contributed by atoms with van der Waals surface area (Å²) in [6.45, 7) is 6.56. The Labute approximate surface area is 153 Å². The molecule has 7 nitrogen and oxygen atoms in total. The highest BCUT2D eigenvalue weighted by Gasteiger charge is 2.23. The maximum absolute atomic E-state index is 5.95. The molecule has 2 aliphatic heterocycles. The fraction of sp³-hybridized carbons (Fsp3) is 0.526. The standard InChI is InChI=1S/C19H26N4O3/c1-3-17(23-9-6-20-7-10-23)4-2-16(1)12-24-18-13-25-19(26-14-18)11-22-8-5-21-15-22/h1-5,8,15,18-20H,6-7,9-14H2. The number of piperazine rings is 1. The van der Waals surface area contributed by atoms with Gasteiger partial charge in [0.2, 0.25) is 0 Å². The zero-order chi connectivity index (χ0) is 17.6. The van der Waals surface area contributed by atoms with Crippen LogP contribution in [0.3, 0.4) is 0 Å². The minimum Gasteiger partial charge on any atom is -0.369 e. The Bertz CT molecular complexity index is 648. The third-order valence-corrected chi connectivity index (χ3v) is 4.76. The second-order valence-corrected chi connectivity index (χ2v) is 6.69. The zero-order valence-electron chi connectivity index (χ0n) is 14.9. The summed E-state index contributed by atoms with van der Waals surface area (Å²) in [5.41, 5.74) is 2.45. The first-order valence-electron chi connectivity index (χ1n) is 9.22. The van der Waals surface area contributed by atoms with Crippen LogP contribution in [0.1, 0.15) is 5.56 Å². The normalized spacial score (nSPS) is 23.9. The van der Waals surface area contributed by atoms with Gasteiger partial charge in [0.25, 0.3) is 0 Å². The van der Waals surface area contributed by atoms with Crippen molar-refractivity contribution in [3.05, 3.63) is 48.5 Å². The van der Waals surface area contributed by atoms with Crippen LogP contribution in [0.2, 0.25) is 0 Å². The number of anilines is 1. The summed E-state index contributed by atoms with van der Waals surface area (Å²) >= 11 is 0. The lowest BCUT2D eigenvalue weighted by Gasteiger charge is -2.30. The Balaban J connectivity index is 1.20. The summed E-state index contributed by atoms with van der Waals surface area (Å²) in [5, 5.41) is 3.38. The first kappa shape index (κ1) is 17.5. The highest BCUT2D eigenvalue weighted by Crippen LogP contribution is 2.17. The van der Waals surface area contributed by atoms with E-state index in [-0.39, 0.29) is 12.4 Å². The molecule has 2 saturated heterocycles. The molecular formula is C19H26N4O3. The second-order valence-electron chi connectivity index (χ2n) is 6.69. The van der Waals surface area contributed by atoms with Gasteiger partial charge in [0, 0.05) is 44.3 Å². The summed E-state index contributed by atoms with van der Waals surface area (Å²) in [6, 6.07) is 8.64. The Morgan fingerprint density at radius 3 is 2.58 bits per heavy atom. The van der Waals surface area contributed by atoms with E-state index >= 15 is 0 Å². The van der Waals surface area contributed by atoms with Crippen molar-refractivity contribution in [2.75, 3.05) is 44.3 Å². The first-order chi connectivity index (χ1) is 12.9. The van der Waals surface area contributed by atoms with Crippen LogP contribution >= 0.6 is 0 Å². The molecule has 0 atom stereocenters. The average Bonchev–Trinajstić information content (AvgIpc) is 3.22. The van der Waals surface area contributed by atoms with Gasteiger partial charge in [-0.05, 0) is 17.7 Å². The smallest absolute Gasteiger partial charge is 0.175 e. The van der Waals surface area contributed by atoms with Crippen molar-refractivity contribution in [1.29, 1.82) is 0 Å². The van der Waals surface area contributed by atoms with Gasteiger partial charge in [0.05, 0.1) is 32.7 Å². The van der Waals surface area contributed by atoms with E-state index < -0.39 is 0 Å². The van der Waals surface area contributed by atoms with Crippen LogP contribution < -0.4 is 10.2 Å². The van der Waals surface area contributed by atoms with Gasteiger partial charge in [-0.3, -0.25) is 0 Å². The van der Waals surface area contributed by atoms with E-state index in [1.54, 1.807) is 12.5 Å². The van der Waals surface area contributed by atoms with Crippen LogP contribution in [-0.2, 0) is 27.4 Å². The van der Waals surface area contributed by atoms with Crippen molar-refractivity contribution in [3.8, 4) is 0 Å². The number of imidazole rings is 1. The largest absolute Gasteiger partial charge is 0.369 e. The fourth-order valence-electron chi connectivity index (χ4n) is 3.23. The van der Waals surface area contributed by atoms with Gasteiger partial charge in [0.1, 0.15) is 6.10 Å².